The third-order valence-electron chi connectivity index (χ3n) is 4.09. The normalized spacial score (nSPS) is 21.9. The number of nitrogens with zero attached hydrogens (tertiary/aromatic N) is 1. The molecule has 1 heterocycles. The number of benzene rings is 1. The van der Waals surface area contributed by atoms with Crippen LogP contribution in [0.4, 0.5) is 5.69 Å². The first-order valence-electron chi connectivity index (χ1n) is 7.31. The Kier molecular flexibility index (Phi) is 4.65. The van der Waals surface area contributed by atoms with Crippen LogP contribution < -0.4 is 4.90 Å². The minimum atomic E-state index is -0.333. The van der Waals surface area contributed by atoms with Gasteiger partial charge in [0.2, 0.25) is 0 Å². The summed E-state index contributed by atoms with van der Waals surface area (Å²) in [6, 6.07) is 9.00. The maximum atomic E-state index is 10.2. The summed E-state index contributed by atoms with van der Waals surface area (Å²) in [4.78, 5) is 2.51. The molecule has 18 heavy (non-hydrogen) atoms. The largest absolute Gasteiger partial charge is 0.388 e. The van der Waals surface area contributed by atoms with Crippen molar-refractivity contribution < 1.29 is 5.11 Å². The van der Waals surface area contributed by atoms with Gasteiger partial charge in [-0.3, -0.25) is 0 Å². The fourth-order valence-corrected chi connectivity index (χ4v) is 2.99. The maximum absolute atomic E-state index is 10.2. The Morgan fingerprint density at radius 2 is 2.06 bits per heavy atom. The van der Waals surface area contributed by atoms with Crippen LogP contribution in [0.2, 0.25) is 0 Å². The molecule has 0 saturated carbocycles. The predicted octanol–water partition coefficient (Wildman–Crippen LogP) is 3.90. The average Bonchev–Trinajstić information content (AvgIpc) is 2.46. The Morgan fingerprint density at radius 3 is 2.78 bits per heavy atom. The molecule has 0 aliphatic carbocycles. The molecule has 1 N–H and O–H groups in total. The van der Waals surface area contributed by atoms with Crippen molar-refractivity contribution in [3.8, 4) is 0 Å². The zero-order valence-electron chi connectivity index (χ0n) is 11.6. The van der Waals surface area contributed by atoms with E-state index in [0.29, 0.717) is 6.04 Å². The van der Waals surface area contributed by atoms with Crippen LogP contribution in [0.3, 0.4) is 0 Å². The summed E-state index contributed by atoms with van der Waals surface area (Å²) in [6.45, 7) is 5.43. The van der Waals surface area contributed by atoms with E-state index < -0.39 is 0 Å². The van der Waals surface area contributed by atoms with Crippen LogP contribution in [0, 0.1) is 0 Å². The summed E-state index contributed by atoms with van der Waals surface area (Å²) in [6.07, 6.45) is 5.53. The molecule has 0 aromatic heterocycles. The Bertz CT molecular complexity index is 377. The fraction of sp³-hybridized carbons (Fsp3) is 0.625. The van der Waals surface area contributed by atoms with Gasteiger partial charge in [-0.15, -0.1) is 0 Å². The van der Waals surface area contributed by atoms with Crippen molar-refractivity contribution in [2.75, 3.05) is 11.4 Å². The quantitative estimate of drug-likeness (QED) is 0.872. The van der Waals surface area contributed by atoms with E-state index >= 15 is 0 Å². The van der Waals surface area contributed by atoms with Crippen molar-refractivity contribution in [3.05, 3.63) is 29.8 Å². The van der Waals surface area contributed by atoms with E-state index in [4.69, 9.17) is 0 Å². The van der Waals surface area contributed by atoms with E-state index in [2.05, 4.69) is 30.0 Å². The summed E-state index contributed by atoms with van der Waals surface area (Å²) in [7, 11) is 0. The summed E-state index contributed by atoms with van der Waals surface area (Å²) in [5, 5.41) is 10.2. The van der Waals surface area contributed by atoms with Gasteiger partial charge >= 0.3 is 0 Å². The zero-order chi connectivity index (χ0) is 13.0. The summed E-state index contributed by atoms with van der Waals surface area (Å²) in [5.41, 5.74) is 2.35. The van der Waals surface area contributed by atoms with Gasteiger partial charge in [-0.25, -0.2) is 0 Å². The monoisotopic (exact) mass is 247 g/mol. The second kappa shape index (κ2) is 6.24. The molecule has 1 saturated heterocycles. The molecule has 0 amide bonds. The topological polar surface area (TPSA) is 23.5 Å². The number of hydrogen-bond acceptors (Lipinski definition) is 2. The first kappa shape index (κ1) is 13.4. The van der Waals surface area contributed by atoms with Crippen molar-refractivity contribution in [2.24, 2.45) is 0 Å². The van der Waals surface area contributed by atoms with Gasteiger partial charge in [0, 0.05) is 23.8 Å². The minimum absolute atomic E-state index is 0.333. The van der Waals surface area contributed by atoms with Gasteiger partial charge in [-0.1, -0.05) is 32.0 Å². The van der Waals surface area contributed by atoms with Gasteiger partial charge in [-0.2, -0.15) is 0 Å². The Balaban J connectivity index is 2.30. The number of hydrogen-bond donors (Lipinski definition) is 1. The molecule has 0 bridgehead atoms. The zero-order valence-corrected chi connectivity index (χ0v) is 11.6. The SMILES string of the molecule is CCC1CCCCN1c1ccccc1[C@H](O)CC. The Labute approximate surface area is 111 Å². The van der Waals surface area contributed by atoms with E-state index in [1.165, 1.54) is 31.4 Å². The van der Waals surface area contributed by atoms with Crippen LogP contribution >= 0.6 is 0 Å². The molecule has 2 nitrogen and oxygen atoms in total. The van der Waals surface area contributed by atoms with Crippen molar-refractivity contribution in [3.63, 3.8) is 0 Å². The molecule has 1 aromatic rings. The molecule has 100 valence electrons. The van der Waals surface area contributed by atoms with Gasteiger partial charge in [0.1, 0.15) is 0 Å². The first-order valence-corrected chi connectivity index (χ1v) is 7.31. The van der Waals surface area contributed by atoms with E-state index in [-0.39, 0.29) is 6.10 Å². The van der Waals surface area contributed by atoms with E-state index in [1.54, 1.807) is 0 Å². The van der Waals surface area contributed by atoms with E-state index in [9.17, 15) is 5.11 Å². The first-order chi connectivity index (χ1) is 8.77. The number of aliphatic hydroxyl groups is 1. The summed E-state index contributed by atoms with van der Waals surface area (Å²) < 4.78 is 0. The number of anilines is 1. The van der Waals surface area contributed by atoms with Crippen LogP contribution in [-0.4, -0.2) is 17.7 Å². The lowest BCUT2D eigenvalue weighted by Crippen LogP contribution is -2.39. The van der Waals surface area contributed by atoms with Crippen LogP contribution in [0.1, 0.15) is 57.6 Å². The number of aliphatic hydroxyl groups excluding tert-OH is 1. The van der Waals surface area contributed by atoms with E-state index in [0.717, 1.165) is 18.5 Å². The second-order valence-electron chi connectivity index (χ2n) is 5.23. The standard InChI is InChI=1S/C16H25NO/c1-3-13-9-7-8-12-17(13)15-11-6-5-10-14(15)16(18)4-2/h5-6,10-11,13,16,18H,3-4,7-9,12H2,1-2H3/t13?,16-/m1/s1. The third-order valence-corrected chi connectivity index (χ3v) is 4.09. The molecule has 1 aliphatic rings. The molecule has 1 fully saturated rings. The molecule has 1 aliphatic heterocycles. The van der Waals surface area contributed by atoms with Crippen molar-refractivity contribution in [1.82, 2.24) is 0 Å². The highest BCUT2D eigenvalue weighted by Gasteiger charge is 2.24. The van der Waals surface area contributed by atoms with Gasteiger partial charge in [0.15, 0.2) is 0 Å². The second-order valence-corrected chi connectivity index (χ2v) is 5.23. The summed E-state index contributed by atoms with van der Waals surface area (Å²) >= 11 is 0. The molecule has 2 atom stereocenters. The highest BCUT2D eigenvalue weighted by molar-refractivity contribution is 5.55. The lowest BCUT2D eigenvalue weighted by molar-refractivity contribution is 0.173. The maximum Gasteiger partial charge on any atom is 0.0807 e. The van der Waals surface area contributed by atoms with Gasteiger partial charge in [0.25, 0.3) is 0 Å². The number of para-hydroxylation sites is 1. The molecule has 1 unspecified atom stereocenters. The smallest absolute Gasteiger partial charge is 0.0807 e. The molecule has 1 aromatic carbocycles. The fourth-order valence-electron chi connectivity index (χ4n) is 2.99. The van der Waals surface area contributed by atoms with E-state index in [1.807, 2.05) is 13.0 Å². The molecule has 2 heteroatoms. The predicted molar refractivity (Wildman–Crippen MR) is 77.0 cm³/mol. The molecule has 2 rings (SSSR count). The van der Waals surface area contributed by atoms with Gasteiger partial charge in [-0.05, 0) is 38.2 Å². The third kappa shape index (κ3) is 2.69. The Morgan fingerprint density at radius 1 is 1.28 bits per heavy atom. The summed E-state index contributed by atoms with van der Waals surface area (Å²) in [5.74, 6) is 0. The number of piperidine rings is 1. The minimum Gasteiger partial charge on any atom is -0.388 e. The van der Waals surface area contributed by atoms with Crippen LogP contribution in [0.5, 0.6) is 0 Å². The van der Waals surface area contributed by atoms with Crippen molar-refractivity contribution in [1.29, 1.82) is 0 Å². The lowest BCUT2D eigenvalue weighted by Gasteiger charge is -2.38. The lowest BCUT2D eigenvalue weighted by atomic mass is 9.96. The highest BCUT2D eigenvalue weighted by atomic mass is 16.3. The molecule has 0 spiro atoms. The number of rotatable bonds is 4. The molecular weight excluding hydrogens is 222 g/mol. The van der Waals surface area contributed by atoms with Crippen LogP contribution in [-0.2, 0) is 0 Å². The average molecular weight is 247 g/mol. The molecular formula is C16H25NO. The van der Waals surface area contributed by atoms with Crippen molar-refractivity contribution >= 4 is 5.69 Å². The van der Waals surface area contributed by atoms with Crippen molar-refractivity contribution in [2.45, 2.75) is 58.1 Å². The highest BCUT2D eigenvalue weighted by Crippen LogP contribution is 2.33. The van der Waals surface area contributed by atoms with Crippen LogP contribution in [0.15, 0.2) is 24.3 Å². The molecule has 0 radical (unpaired) electrons. The van der Waals surface area contributed by atoms with Gasteiger partial charge < -0.3 is 10.0 Å². The van der Waals surface area contributed by atoms with Gasteiger partial charge in [0.05, 0.1) is 6.10 Å². The van der Waals surface area contributed by atoms with Crippen LogP contribution in [0.25, 0.3) is 0 Å². The Hall–Kier alpha value is -1.02.